The Kier molecular flexibility index (Phi) is 7.90. The van der Waals surface area contributed by atoms with Crippen LogP contribution in [0.3, 0.4) is 0 Å². The van der Waals surface area contributed by atoms with Crippen molar-refractivity contribution in [1.82, 2.24) is 0 Å². The normalized spacial score (nSPS) is 11.8. The van der Waals surface area contributed by atoms with Gasteiger partial charge in [0.1, 0.15) is 0 Å². The van der Waals surface area contributed by atoms with Crippen LogP contribution in [-0.4, -0.2) is 12.6 Å². The van der Waals surface area contributed by atoms with Crippen molar-refractivity contribution in [1.29, 1.82) is 0 Å². The molecule has 0 aliphatic heterocycles. The van der Waals surface area contributed by atoms with E-state index in [2.05, 4.69) is 6.92 Å². The number of ether oxygens (including phenoxy) is 1. The van der Waals surface area contributed by atoms with Crippen LogP contribution in [0.4, 0.5) is 0 Å². The molecule has 0 spiro atoms. The van der Waals surface area contributed by atoms with Gasteiger partial charge in [0.2, 0.25) is 0 Å². The van der Waals surface area contributed by atoms with Crippen molar-refractivity contribution >= 4 is 5.97 Å². The average molecular weight is 180 g/mol. The van der Waals surface area contributed by atoms with E-state index in [9.17, 15) is 4.79 Å². The molecule has 0 bridgehead atoms. The van der Waals surface area contributed by atoms with Gasteiger partial charge in [-0.2, -0.15) is 0 Å². The molecule has 0 aliphatic rings. The Morgan fingerprint density at radius 2 is 1.85 bits per heavy atom. The van der Waals surface area contributed by atoms with Crippen LogP contribution in [0.2, 0.25) is 0 Å². The van der Waals surface area contributed by atoms with E-state index in [1.54, 1.807) is 19.1 Å². The second-order valence-corrected chi connectivity index (χ2v) is 2.33. The van der Waals surface area contributed by atoms with Crippen molar-refractivity contribution in [2.24, 2.45) is 0 Å². The Morgan fingerprint density at radius 3 is 2.46 bits per heavy atom. The summed E-state index contributed by atoms with van der Waals surface area (Å²) in [5.74, 6) is -0.299. The van der Waals surface area contributed by atoms with Crippen LogP contribution in [0.1, 0.15) is 20.3 Å². The van der Waals surface area contributed by atoms with Crippen molar-refractivity contribution in [3.8, 4) is 0 Å². The van der Waals surface area contributed by atoms with Crippen molar-refractivity contribution in [2.45, 2.75) is 20.3 Å². The van der Waals surface area contributed by atoms with Crippen LogP contribution < -0.4 is 0 Å². The van der Waals surface area contributed by atoms with E-state index in [1.807, 2.05) is 18.2 Å². The minimum absolute atomic E-state index is 0.299. The number of hydrogen-bond donors (Lipinski definition) is 0. The lowest BCUT2D eigenvalue weighted by molar-refractivity contribution is -0.137. The van der Waals surface area contributed by atoms with E-state index in [1.165, 1.54) is 6.08 Å². The van der Waals surface area contributed by atoms with E-state index in [0.717, 1.165) is 6.42 Å². The molecule has 13 heavy (non-hydrogen) atoms. The van der Waals surface area contributed by atoms with Gasteiger partial charge in [-0.15, -0.1) is 0 Å². The lowest BCUT2D eigenvalue weighted by Crippen LogP contribution is -1.98. The zero-order valence-corrected chi connectivity index (χ0v) is 8.19. The smallest absolute Gasteiger partial charge is 0.330 e. The number of carbonyl (C=O) groups excluding carboxylic acids is 1. The first-order chi connectivity index (χ1) is 6.31. The minimum atomic E-state index is -0.299. The molecule has 2 heteroatoms. The Balaban J connectivity index is 3.67. The number of hydrogen-bond acceptors (Lipinski definition) is 2. The molecule has 0 N–H and O–H groups in total. The largest absolute Gasteiger partial charge is 0.463 e. The standard InChI is InChI=1S/C11H16O2/c1-3-5-6-7-8-9-10-11(12)13-4-2/h5-10H,3-4H2,1-2H3. The van der Waals surface area contributed by atoms with Gasteiger partial charge in [-0.1, -0.05) is 37.3 Å². The second kappa shape index (κ2) is 8.78. The summed E-state index contributed by atoms with van der Waals surface area (Å²) in [6, 6.07) is 0. The summed E-state index contributed by atoms with van der Waals surface area (Å²) in [4.78, 5) is 10.8. The number of carbonyl (C=O) groups is 1. The number of esters is 1. The number of rotatable bonds is 5. The molecule has 0 radical (unpaired) electrons. The van der Waals surface area contributed by atoms with Crippen LogP contribution >= 0.6 is 0 Å². The minimum Gasteiger partial charge on any atom is -0.463 e. The predicted molar refractivity (Wildman–Crippen MR) is 54.3 cm³/mol. The summed E-state index contributed by atoms with van der Waals surface area (Å²) in [5, 5.41) is 0. The maximum Gasteiger partial charge on any atom is 0.330 e. The highest BCUT2D eigenvalue weighted by atomic mass is 16.5. The van der Waals surface area contributed by atoms with Gasteiger partial charge in [0, 0.05) is 6.08 Å². The molecule has 0 aromatic rings. The SMILES string of the molecule is CCC=CC=CC=CC(=O)OCC. The van der Waals surface area contributed by atoms with Crippen molar-refractivity contribution in [3.05, 3.63) is 36.5 Å². The van der Waals surface area contributed by atoms with E-state index in [4.69, 9.17) is 4.74 Å². The molecule has 0 saturated carbocycles. The molecule has 0 atom stereocenters. The van der Waals surface area contributed by atoms with Crippen LogP contribution in [0.15, 0.2) is 36.5 Å². The zero-order chi connectivity index (χ0) is 9.94. The monoisotopic (exact) mass is 180 g/mol. The molecule has 0 aromatic carbocycles. The topological polar surface area (TPSA) is 26.3 Å². The van der Waals surface area contributed by atoms with Crippen molar-refractivity contribution in [2.75, 3.05) is 6.61 Å². The summed E-state index contributed by atoms with van der Waals surface area (Å²) >= 11 is 0. The fourth-order valence-electron chi connectivity index (χ4n) is 0.667. The van der Waals surface area contributed by atoms with Crippen LogP contribution in [0, 0.1) is 0 Å². The molecule has 0 rings (SSSR count). The first-order valence-electron chi connectivity index (χ1n) is 4.47. The zero-order valence-electron chi connectivity index (χ0n) is 8.19. The maximum absolute atomic E-state index is 10.8. The first kappa shape index (κ1) is 11.7. The Labute approximate surface area is 79.6 Å². The van der Waals surface area contributed by atoms with E-state index >= 15 is 0 Å². The van der Waals surface area contributed by atoms with Gasteiger partial charge in [0.25, 0.3) is 0 Å². The highest BCUT2D eigenvalue weighted by Gasteiger charge is 1.89. The lowest BCUT2D eigenvalue weighted by Gasteiger charge is -1.92. The third-order valence-electron chi connectivity index (χ3n) is 1.22. The Morgan fingerprint density at radius 1 is 1.15 bits per heavy atom. The third-order valence-corrected chi connectivity index (χ3v) is 1.22. The molecule has 0 saturated heterocycles. The second-order valence-electron chi connectivity index (χ2n) is 2.33. The van der Waals surface area contributed by atoms with Gasteiger partial charge >= 0.3 is 5.97 Å². The third kappa shape index (κ3) is 8.60. The number of allylic oxidation sites excluding steroid dienone is 5. The molecule has 0 unspecified atom stereocenters. The Bertz CT molecular complexity index is 212. The molecule has 0 aromatic heterocycles. The summed E-state index contributed by atoms with van der Waals surface area (Å²) in [7, 11) is 0. The molecule has 2 nitrogen and oxygen atoms in total. The van der Waals surface area contributed by atoms with Gasteiger partial charge in [-0.3, -0.25) is 0 Å². The predicted octanol–water partition coefficient (Wildman–Crippen LogP) is 2.63. The highest BCUT2D eigenvalue weighted by molar-refractivity contribution is 5.82. The molecule has 0 fully saturated rings. The van der Waals surface area contributed by atoms with Gasteiger partial charge in [-0.05, 0) is 13.3 Å². The quantitative estimate of drug-likeness (QED) is 0.369. The highest BCUT2D eigenvalue weighted by Crippen LogP contribution is 1.85. The summed E-state index contributed by atoms with van der Waals surface area (Å²) in [5.41, 5.74) is 0. The van der Waals surface area contributed by atoms with Crippen LogP contribution in [-0.2, 0) is 9.53 Å². The summed E-state index contributed by atoms with van der Waals surface area (Å²) in [6.07, 6.45) is 11.7. The van der Waals surface area contributed by atoms with Gasteiger partial charge in [0.05, 0.1) is 6.61 Å². The van der Waals surface area contributed by atoms with Gasteiger partial charge < -0.3 is 4.74 Å². The Hall–Kier alpha value is -1.31. The van der Waals surface area contributed by atoms with Crippen LogP contribution in [0.5, 0.6) is 0 Å². The molecule has 0 aliphatic carbocycles. The van der Waals surface area contributed by atoms with Crippen molar-refractivity contribution in [3.63, 3.8) is 0 Å². The van der Waals surface area contributed by atoms with Gasteiger partial charge in [-0.25, -0.2) is 4.79 Å². The van der Waals surface area contributed by atoms with Gasteiger partial charge in [0.15, 0.2) is 0 Å². The maximum atomic E-state index is 10.8. The van der Waals surface area contributed by atoms with E-state index < -0.39 is 0 Å². The summed E-state index contributed by atoms with van der Waals surface area (Å²) in [6.45, 7) is 4.27. The average Bonchev–Trinajstić information content (AvgIpc) is 2.11. The summed E-state index contributed by atoms with van der Waals surface area (Å²) < 4.78 is 4.69. The molecule has 72 valence electrons. The van der Waals surface area contributed by atoms with Crippen LogP contribution in [0.25, 0.3) is 0 Å². The fraction of sp³-hybridized carbons (Fsp3) is 0.364. The fourth-order valence-corrected chi connectivity index (χ4v) is 0.667. The molecular weight excluding hydrogens is 164 g/mol. The lowest BCUT2D eigenvalue weighted by atomic mass is 10.3. The van der Waals surface area contributed by atoms with E-state index in [0.29, 0.717) is 6.61 Å². The first-order valence-corrected chi connectivity index (χ1v) is 4.47. The van der Waals surface area contributed by atoms with Crippen molar-refractivity contribution < 1.29 is 9.53 Å². The molecule has 0 amide bonds. The van der Waals surface area contributed by atoms with E-state index in [-0.39, 0.29) is 5.97 Å². The molecular formula is C11H16O2. The molecule has 0 heterocycles.